The molecule has 104 valence electrons. The van der Waals surface area contributed by atoms with Gasteiger partial charge < -0.3 is 0 Å². The van der Waals surface area contributed by atoms with Crippen molar-refractivity contribution in [1.82, 2.24) is 5.48 Å². The molecule has 0 fully saturated rings. The van der Waals surface area contributed by atoms with E-state index in [1.54, 1.807) is 6.92 Å². The van der Waals surface area contributed by atoms with E-state index in [-0.39, 0.29) is 5.91 Å². The van der Waals surface area contributed by atoms with E-state index in [2.05, 4.69) is 25.1 Å². The van der Waals surface area contributed by atoms with Crippen molar-refractivity contribution < 1.29 is 9.63 Å². The van der Waals surface area contributed by atoms with E-state index in [4.69, 9.17) is 4.84 Å². The lowest BCUT2D eigenvalue weighted by Crippen LogP contribution is -2.23. The monoisotopic (exact) mass is 253 g/mol. The maximum absolute atomic E-state index is 11.0. The smallest absolute Gasteiger partial charge is 0.269 e. The molecule has 0 aliphatic heterocycles. The first kappa shape index (κ1) is 16.9. The molecular formula is C15H27NO2. The second-order valence-corrected chi connectivity index (χ2v) is 4.55. The van der Waals surface area contributed by atoms with Gasteiger partial charge in [0.25, 0.3) is 5.91 Å². The van der Waals surface area contributed by atoms with Crippen LogP contribution in [0, 0.1) is 0 Å². The Morgan fingerprint density at radius 3 is 2.50 bits per heavy atom. The van der Waals surface area contributed by atoms with Crippen molar-refractivity contribution in [3.63, 3.8) is 0 Å². The van der Waals surface area contributed by atoms with E-state index >= 15 is 0 Å². The first-order valence-electron chi connectivity index (χ1n) is 6.91. The molecule has 0 atom stereocenters. The average molecular weight is 253 g/mol. The highest BCUT2D eigenvalue weighted by Crippen LogP contribution is 2.06. The standard InChI is InChI=1S/C15H27NO2/c1-4-5-6-7-8-9-10-11-12-13-18-16-15(17)14(2)3/h11-12H,2,4-10,13H2,1,3H3,(H,16,17)/b12-11+. The molecule has 0 aliphatic carbocycles. The number of carbonyl (C=O) groups is 1. The van der Waals surface area contributed by atoms with Gasteiger partial charge in [-0.3, -0.25) is 9.63 Å². The second kappa shape index (κ2) is 12.4. The Labute approximate surface area is 111 Å². The fraction of sp³-hybridized carbons (Fsp3) is 0.667. The maximum Gasteiger partial charge on any atom is 0.269 e. The lowest BCUT2D eigenvalue weighted by Gasteiger charge is -2.02. The van der Waals surface area contributed by atoms with Crippen LogP contribution in [0.3, 0.4) is 0 Å². The number of unbranched alkanes of at least 4 members (excludes halogenated alkanes) is 6. The Bertz CT molecular complexity index is 259. The molecule has 1 amide bonds. The Balaban J connectivity index is 3.23. The lowest BCUT2D eigenvalue weighted by atomic mass is 10.1. The Kier molecular flexibility index (Phi) is 11.6. The van der Waals surface area contributed by atoms with Gasteiger partial charge in [-0.15, -0.1) is 0 Å². The summed E-state index contributed by atoms with van der Waals surface area (Å²) >= 11 is 0. The van der Waals surface area contributed by atoms with Gasteiger partial charge in [0.1, 0.15) is 0 Å². The van der Waals surface area contributed by atoms with Crippen LogP contribution in [0.1, 0.15) is 58.8 Å². The van der Waals surface area contributed by atoms with Gasteiger partial charge in [-0.05, 0) is 19.8 Å². The lowest BCUT2D eigenvalue weighted by molar-refractivity contribution is -0.128. The summed E-state index contributed by atoms with van der Waals surface area (Å²) in [5.74, 6) is -0.265. The Morgan fingerprint density at radius 2 is 1.83 bits per heavy atom. The molecule has 18 heavy (non-hydrogen) atoms. The third-order valence-electron chi connectivity index (χ3n) is 2.62. The van der Waals surface area contributed by atoms with Gasteiger partial charge in [-0.2, -0.15) is 0 Å². The normalized spacial score (nSPS) is 10.8. The molecule has 1 N–H and O–H groups in total. The van der Waals surface area contributed by atoms with Crippen molar-refractivity contribution in [2.75, 3.05) is 6.61 Å². The number of rotatable bonds is 11. The largest absolute Gasteiger partial charge is 0.269 e. The van der Waals surface area contributed by atoms with E-state index in [9.17, 15) is 4.79 Å². The molecule has 3 nitrogen and oxygen atoms in total. The fourth-order valence-corrected chi connectivity index (χ4v) is 1.47. The summed E-state index contributed by atoms with van der Waals surface area (Å²) in [5.41, 5.74) is 2.77. The van der Waals surface area contributed by atoms with Crippen LogP contribution in [0.4, 0.5) is 0 Å². The molecule has 0 spiro atoms. The third kappa shape index (κ3) is 11.4. The first-order valence-corrected chi connectivity index (χ1v) is 6.91. The predicted molar refractivity (Wildman–Crippen MR) is 76.0 cm³/mol. The van der Waals surface area contributed by atoms with Crippen molar-refractivity contribution in [2.24, 2.45) is 0 Å². The minimum absolute atomic E-state index is 0.265. The molecule has 0 heterocycles. The third-order valence-corrected chi connectivity index (χ3v) is 2.62. The van der Waals surface area contributed by atoms with Gasteiger partial charge in [0.05, 0.1) is 6.61 Å². The zero-order chi connectivity index (χ0) is 13.6. The Morgan fingerprint density at radius 1 is 1.17 bits per heavy atom. The number of hydrogen-bond acceptors (Lipinski definition) is 2. The molecule has 0 aliphatic rings. The predicted octanol–water partition coefficient (Wildman–Crippen LogP) is 3.92. The van der Waals surface area contributed by atoms with Gasteiger partial charge >= 0.3 is 0 Å². The van der Waals surface area contributed by atoms with Crippen LogP contribution in [-0.2, 0) is 9.63 Å². The highest BCUT2D eigenvalue weighted by Gasteiger charge is 1.98. The summed E-state index contributed by atoms with van der Waals surface area (Å²) in [5, 5.41) is 0. The molecular weight excluding hydrogens is 226 g/mol. The van der Waals surface area contributed by atoms with Gasteiger partial charge in [-0.1, -0.05) is 57.8 Å². The number of amides is 1. The molecule has 0 aromatic rings. The zero-order valence-electron chi connectivity index (χ0n) is 11.8. The number of carbonyl (C=O) groups excluding carboxylic acids is 1. The Hall–Kier alpha value is -1.09. The molecule has 3 heteroatoms. The van der Waals surface area contributed by atoms with E-state index < -0.39 is 0 Å². The summed E-state index contributed by atoms with van der Waals surface area (Å²) in [4.78, 5) is 16.0. The number of nitrogens with one attached hydrogen (secondary N) is 1. The first-order chi connectivity index (χ1) is 8.68. The highest BCUT2D eigenvalue weighted by molar-refractivity contribution is 5.91. The average Bonchev–Trinajstić information content (AvgIpc) is 2.35. The van der Waals surface area contributed by atoms with Crippen LogP contribution in [0.25, 0.3) is 0 Å². The number of hydrogen-bond donors (Lipinski definition) is 1. The summed E-state index contributed by atoms with van der Waals surface area (Å²) in [6, 6.07) is 0. The van der Waals surface area contributed by atoms with E-state index in [0.29, 0.717) is 12.2 Å². The molecule has 0 aromatic heterocycles. The van der Waals surface area contributed by atoms with Crippen LogP contribution in [0.2, 0.25) is 0 Å². The molecule has 0 rings (SSSR count). The van der Waals surface area contributed by atoms with Crippen molar-refractivity contribution >= 4 is 5.91 Å². The zero-order valence-corrected chi connectivity index (χ0v) is 11.8. The topological polar surface area (TPSA) is 38.3 Å². The van der Waals surface area contributed by atoms with Crippen LogP contribution >= 0.6 is 0 Å². The molecule has 0 saturated carbocycles. The molecule has 0 aromatic carbocycles. The van der Waals surface area contributed by atoms with Gasteiger partial charge in [0.2, 0.25) is 0 Å². The van der Waals surface area contributed by atoms with Gasteiger partial charge in [0, 0.05) is 5.57 Å². The molecule has 0 saturated heterocycles. The molecule has 0 radical (unpaired) electrons. The molecule has 0 unspecified atom stereocenters. The summed E-state index contributed by atoms with van der Waals surface area (Å²) in [7, 11) is 0. The van der Waals surface area contributed by atoms with Crippen molar-refractivity contribution in [3.8, 4) is 0 Å². The quantitative estimate of drug-likeness (QED) is 0.262. The van der Waals surface area contributed by atoms with Crippen LogP contribution in [0.15, 0.2) is 24.3 Å². The van der Waals surface area contributed by atoms with Gasteiger partial charge in [-0.25, -0.2) is 5.48 Å². The minimum atomic E-state index is -0.265. The van der Waals surface area contributed by atoms with Gasteiger partial charge in [0.15, 0.2) is 0 Å². The summed E-state index contributed by atoms with van der Waals surface area (Å²) in [6.45, 7) is 7.80. The van der Waals surface area contributed by atoms with E-state index in [0.717, 1.165) is 6.42 Å². The number of allylic oxidation sites excluding steroid dienone is 1. The summed E-state index contributed by atoms with van der Waals surface area (Å²) in [6.07, 6.45) is 13.0. The summed E-state index contributed by atoms with van der Waals surface area (Å²) < 4.78 is 0. The van der Waals surface area contributed by atoms with Crippen LogP contribution < -0.4 is 5.48 Å². The van der Waals surface area contributed by atoms with Crippen molar-refractivity contribution in [1.29, 1.82) is 0 Å². The van der Waals surface area contributed by atoms with E-state index in [1.807, 2.05) is 6.08 Å². The maximum atomic E-state index is 11.0. The minimum Gasteiger partial charge on any atom is -0.269 e. The molecule has 0 bridgehead atoms. The SMILES string of the molecule is C=C(C)C(=O)NOC/C=C/CCCCCCCC. The van der Waals surface area contributed by atoms with Crippen LogP contribution in [-0.4, -0.2) is 12.5 Å². The van der Waals surface area contributed by atoms with Crippen LogP contribution in [0.5, 0.6) is 0 Å². The number of hydroxylamine groups is 1. The fourth-order valence-electron chi connectivity index (χ4n) is 1.47. The highest BCUT2D eigenvalue weighted by atomic mass is 16.6. The second-order valence-electron chi connectivity index (χ2n) is 4.55. The van der Waals surface area contributed by atoms with Crippen molar-refractivity contribution in [3.05, 3.63) is 24.3 Å². The van der Waals surface area contributed by atoms with E-state index in [1.165, 1.54) is 38.5 Å². The van der Waals surface area contributed by atoms with Crippen molar-refractivity contribution in [2.45, 2.75) is 58.8 Å².